The molecule has 2 aliphatic carbocycles. The molecule has 5 fully saturated rings. The lowest BCUT2D eigenvalue weighted by atomic mass is 9.71. The third-order valence-electron chi connectivity index (χ3n) is 12.3. The number of piperidine rings is 2. The van der Waals surface area contributed by atoms with Crippen LogP contribution in [0.4, 0.5) is 0 Å². The molecule has 2 aromatic heterocycles. The fourth-order valence-electron chi connectivity index (χ4n) is 10.2. The van der Waals surface area contributed by atoms with E-state index in [1.54, 1.807) is 0 Å². The Bertz CT molecular complexity index is 1380. The van der Waals surface area contributed by atoms with Crippen molar-refractivity contribution in [3.8, 4) is 0 Å². The summed E-state index contributed by atoms with van der Waals surface area (Å²) in [7, 11) is 2.10. The van der Waals surface area contributed by atoms with E-state index in [2.05, 4.69) is 68.4 Å². The minimum Gasteiger partial charge on any atom is -0.378 e. The van der Waals surface area contributed by atoms with E-state index in [1.807, 2.05) is 6.20 Å². The van der Waals surface area contributed by atoms with Crippen LogP contribution in [0, 0.1) is 17.8 Å². The quantitative estimate of drug-likeness (QED) is 0.337. The second-order valence-electron chi connectivity index (χ2n) is 15.0. The molecule has 5 aliphatic rings. The Balaban J connectivity index is 1.08. The maximum atomic E-state index is 6.08. The SMILES string of the molecule is C[C@H]1CC[C@@H]2C[C@H](n3c(C[C@@H]4COCCN4Cc4nccn4C)nc4ccccc43)C[C@H]1N2C1C[C@H]2CCCC[C@@H](C1)C2. The van der Waals surface area contributed by atoms with Gasteiger partial charge in [-0.1, -0.05) is 44.7 Å². The van der Waals surface area contributed by atoms with E-state index < -0.39 is 0 Å². The van der Waals surface area contributed by atoms with Crippen LogP contribution in [-0.2, 0) is 24.8 Å². The Morgan fingerprint density at radius 2 is 1.72 bits per heavy atom. The molecule has 1 aromatic carbocycles. The highest BCUT2D eigenvalue weighted by atomic mass is 16.5. The van der Waals surface area contributed by atoms with Gasteiger partial charge in [-0.3, -0.25) is 9.80 Å². The Labute approximate surface area is 258 Å². The molecule has 0 N–H and O–H groups in total. The Morgan fingerprint density at radius 3 is 2.53 bits per heavy atom. The highest BCUT2D eigenvalue weighted by Gasteiger charge is 2.47. The summed E-state index contributed by atoms with van der Waals surface area (Å²) >= 11 is 0. The molecule has 5 heterocycles. The molecule has 232 valence electrons. The van der Waals surface area contributed by atoms with Crippen molar-refractivity contribution in [2.45, 2.75) is 121 Å². The number of hydrogen-bond acceptors (Lipinski definition) is 5. The summed E-state index contributed by atoms with van der Waals surface area (Å²) in [6.07, 6.45) is 20.6. The molecule has 0 radical (unpaired) electrons. The van der Waals surface area contributed by atoms with E-state index in [-0.39, 0.29) is 0 Å². The maximum Gasteiger partial charge on any atom is 0.122 e. The number of morpholine rings is 1. The Hall–Kier alpha value is -2.22. The molecule has 7 heteroatoms. The van der Waals surface area contributed by atoms with E-state index in [4.69, 9.17) is 9.72 Å². The number of rotatable bonds is 6. The fraction of sp³-hybridized carbons (Fsp3) is 0.722. The van der Waals surface area contributed by atoms with Crippen LogP contribution in [-0.4, -0.2) is 72.8 Å². The van der Waals surface area contributed by atoms with Gasteiger partial charge < -0.3 is 13.9 Å². The van der Waals surface area contributed by atoms with E-state index in [0.717, 1.165) is 73.9 Å². The number of aryl methyl sites for hydroxylation is 1. The van der Waals surface area contributed by atoms with Gasteiger partial charge in [-0.2, -0.15) is 0 Å². The molecule has 8 atom stereocenters. The number of para-hydroxylation sites is 2. The second-order valence-corrected chi connectivity index (χ2v) is 15.0. The highest BCUT2D eigenvalue weighted by Crippen LogP contribution is 2.48. The lowest BCUT2D eigenvalue weighted by Crippen LogP contribution is -2.60. The van der Waals surface area contributed by atoms with E-state index >= 15 is 0 Å². The molecule has 0 amide bonds. The van der Waals surface area contributed by atoms with Crippen LogP contribution >= 0.6 is 0 Å². The normalized spacial score (nSPS) is 35.7. The van der Waals surface area contributed by atoms with Crippen molar-refractivity contribution >= 4 is 11.0 Å². The summed E-state index contributed by atoms with van der Waals surface area (Å²) in [4.78, 5) is 15.7. The first-order valence-electron chi connectivity index (χ1n) is 17.6. The molecule has 7 nitrogen and oxygen atoms in total. The van der Waals surface area contributed by atoms with Crippen LogP contribution in [0.25, 0.3) is 11.0 Å². The van der Waals surface area contributed by atoms with Crippen molar-refractivity contribution in [3.63, 3.8) is 0 Å². The Kier molecular flexibility index (Phi) is 7.85. The fourth-order valence-corrected chi connectivity index (χ4v) is 10.2. The molecule has 3 aliphatic heterocycles. The monoisotopic (exact) mass is 584 g/mol. The van der Waals surface area contributed by atoms with Gasteiger partial charge in [0.25, 0.3) is 0 Å². The number of aromatic nitrogens is 4. The van der Waals surface area contributed by atoms with Crippen LogP contribution in [0.3, 0.4) is 0 Å². The second kappa shape index (κ2) is 11.9. The van der Waals surface area contributed by atoms with Crippen LogP contribution in [0.2, 0.25) is 0 Å². The molecule has 4 bridgehead atoms. The number of ether oxygens (including phenoxy) is 1. The number of nitrogens with zero attached hydrogens (tertiary/aromatic N) is 6. The molecule has 3 aromatic rings. The zero-order valence-corrected chi connectivity index (χ0v) is 26.5. The van der Waals surface area contributed by atoms with Crippen molar-refractivity contribution in [3.05, 3.63) is 48.3 Å². The van der Waals surface area contributed by atoms with Gasteiger partial charge in [-0.05, 0) is 74.8 Å². The van der Waals surface area contributed by atoms with E-state index in [9.17, 15) is 0 Å². The molecule has 43 heavy (non-hydrogen) atoms. The summed E-state index contributed by atoms with van der Waals surface area (Å²) in [5.41, 5.74) is 2.49. The minimum atomic E-state index is 0.310. The van der Waals surface area contributed by atoms with Crippen LogP contribution in [0.5, 0.6) is 0 Å². The minimum absolute atomic E-state index is 0.310. The summed E-state index contributed by atoms with van der Waals surface area (Å²) in [6.45, 7) is 5.93. The van der Waals surface area contributed by atoms with Gasteiger partial charge >= 0.3 is 0 Å². The van der Waals surface area contributed by atoms with Gasteiger partial charge in [0.2, 0.25) is 0 Å². The van der Waals surface area contributed by atoms with Crippen molar-refractivity contribution < 1.29 is 4.74 Å². The van der Waals surface area contributed by atoms with Crippen molar-refractivity contribution in [1.29, 1.82) is 0 Å². The highest BCUT2D eigenvalue weighted by molar-refractivity contribution is 5.76. The molecule has 8 rings (SSSR count). The molecule has 3 saturated heterocycles. The zero-order valence-electron chi connectivity index (χ0n) is 26.5. The maximum absolute atomic E-state index is 6.08. The van der Waals surface area contributed by atoms with Gasteiger partial charge in [0.1, 0.15) is 11.6 Å². The number of imidazole rings is 2. The molecule has 1 unspecified atom stereocenters. The molecular formula is C36H52N6O. The van der Waals surface area contributed by atoms with Gasteiger partial charge in [0.05, 0.1) is 30.8 Å². The molecular weight excluding hydrogens is 532 g/mol. The third kappa shape index (κ3) is 5.48. The summed E-state index contributed by atoms with van der Waals surface area (Å²) < 4.78 is 10.9. The topological polar surface area (TPSA) is 51.4 Å². The van der Waals surface area contributed by atoms with Crippen LogP contribution < -0.4 is 0 Å². The van der Waals surface area contributed by atoms with Crippen LogP contribution in [0.1, 0.15) is 95.2 Å². The Morgan fingerprint density at radius 1 is 0.884 bits per heavy atom. The molecule has 0 spiro atoms. The predicted octanol–water partition coefficient (Wildman–Crippen LogP) is 6.38. The summed E-state index contributed by atoms with van der Waals surface area (Å²) in [6, 6.07) is 12.0. The van der Waals surface area contributed by atoms with Gasteiger partial charge in [-0.15, -0.1) is 0 Å². The standard InChI is InChI=1S/C36H52N6O/c1-25-11-12-28-20-30(21-34(25)41(28)29-18-26-7-3-4-8-27(17-26)19-29)42-33-10-6-5-9-32(33)38-35(42)22-31-24-43-16-15-40(31)23-36-37-13-14-39(36)2/h5-6,9-10,13-14,25-31,34H,3-4,7-8,11-12,15-24H2,1-2H3/t25-,26-,27+,28+,29?,30-,31+,34+/m0/s1. The van der Waals surface area contributed by atoms with Gasteiger partial charge in [-0.25, -0.2) is 9.97 Å². The van der Waals surface area contributed by atoms with Gasteiger partial charge in [0, 0.05) is 62.6 Å². The van der Waals surface area contributed by atoms with E-state index in [0.29, 0.717) is 18.1 Å². The first-order valence-corrected chi connectivity index (χ1v) is 17.6. The lowest BCUT2D eigenvalue weighted by molar-refractivity contribution is -0.0644. The summed E-state index contributed by atoms with van der Waals surface area (Å²) in [5, 5.41) is 0. The van der Waals surface area contributed by atoms with Crippen molar-refractivity contribution in [2.75, 3.05) is 19.8 Å². The first-order chi connectivity index (χ1) is 21.1. The smallest absolute Gasteiger partial charge is 0.122 e. The predicted molar refractivity (Wildman–Crippen MR) is 171 cm³/mol. The van der Waals surface area contributed by atoms with Crippen molar-refractivity contribution in [2.24, 2.45) is 24.8 Å². The molecule has 2 saturated carbocycles. The number of hydrogen-bond donors (Lipinski definition) is 0. The lowest BCUT2D eigenvalue weighted by Gasteiger charge is -2.56. The average Bonchev–Trinajstić information content (AvgIpc) is 3.54. The van der Waals surface area contributed by atoms with Crippen molar-refractivity contribution in [1.82, 2.24) is 28.9 Å². The van der Waals surface area contributed by atoms with Gasteiger partial charge in [0.15, 0.2) is 0 Å². The average molecular weight is 585 g/mol. The first kappa shape index (κ1) is 28.3. The van der Waals surface area contributed by atoms with Crippen LogP contribution in [0.15, 0.2) is 36.7 Å². The van der Waals surface area contributed by atoms with E-state index in [1.165, 1.54) is 82.0 Å². The number of benzene rings is 1. The largest absolute Gasteiger partial charge is 0.378 e. The third-order valence-corrected chi connectivity index (χ3v) is 12.3. The number of fused-ring (bicyclic) bond motifs is 5. The summed E-state index contributed by atoms with van der Waals surface area (Å²) in [5.74, 6) is 5.12. The zero-order chi connectivity index (χ0) is 28.9.